The van der Waals surface area contributed by atoms with Gasteiger partial charge in [-0.1, -0.05) is 6.07 Å². The molecule has 0 aliphatic rings. The highest BCUT2D eigenvalue weighted by molar-refractivity contribution is 5.97. The number of amides is 1. The lowest BCUT2D eigenvalue weighted by molar-refractivity contribution is -0.141. The van der Waals surface area contributed by atoms with Gasteiger partial charge in [0.25, 0.3) is 5.91 Å². The van der Waals surface area contributed by atoms with Gasteiger partial charge in [0.2, 0.25) is 0 Å². The molecule has 0 spiro atoms. The number of carbonyl (C=O) groups excluding carboxylic acids is 2. The number of rotatable bonds is 9. The van der Waals surface area contributed by atoms with Crippen LogP contribution in [0.1, 0.15) is 28.4 Å². The minimum atomic E-state index is -0.651. The molecule has 8 heteroatoms. The van der Waals surface area contributed by atoms with Crippen LogP contribution in [0.4, 0.5) is 0 Å². The topological polar surface area (TPSA) is 92.3 Å². The summed E-state index contributed by atoms with van der Waals surface area (Å²) in [4.78, 5) is 24.8. The Balaban J connectivity index is 2.36. The summed E-state index contributed by atoms with van der Waals surface area (Å²) in [6.07, 6.45) is -0.0593. The smallest absolute Gasteiger partial charge is 0.307 e. The van der Waals surface area contributed by atoms with Gasteiger partial charge in [0.15, 0.2) is 11.5 Å². The zero-order valence-electron chi connectivity index (χ0n) is 17.1. The van der Waals surface area contributed by atoms with Gasteiger partial charge in [0, 0.05) is 6.07 Å². The summed E-state index contributed by atoms with van der Waals surface area (Å²) in [7, 11) is 7.32. The fourth-order valence-corrected chi connectivity index (χ4v) is 2.79. The van der Waals surface area contributed by atoms with Crippen LogP contribution >= 0.6 is 0 Å². The number of hydrogen-bond acceptors (Lipinski definition) is 7. The first-order chi connectivity index (χ1) is 14.0. The molecule has 8 nitrogen and oxygen atoms in total. The van der Waals surface area contributed by atoms with Gasteiger partial charge in [-0.2, -0.15) is 0 Å². The lowest BCUT2D eigenvalue weighted by Gasteiger charge is -2.20. The van der Waals surface area contributed by atoms with E-state index >= 15 is 0 Å². The highest BCUT2D eigenvalue weighted by Crippen LogP contribution is 2.32. The zero-order chi connectivity index (χ0) is 21.4. The largest absolute Gasteiger partial charge is 0.497 e. The van der Waals surface area contributed by atoms with Gasteiger partial charge in [-0.3, -0.25) is 9.59 Å². The number of nitrogens with one attached hydrogen (secondary N) is 1. The van der Waals surface area contributed by atoms with E-state index in [-0.39, 0.29) is 6.42 Å². The molecule has 1 atom stereocenters. The average molecular weight is 403 g/mol. The molecule has 0 unspecified atom stereocenters. The van der Waals surface area contributed by atoms with Gasteiger partial charge in [0.05, 0.1) is 53.6 Å². The van der Waals surface area contributed by atoms with Crippen LogP contribution in [0.2, 0.25) is 0 Å². The van der Waals surface area contributed by atoms with Crippen molar-refractivity contribution in [2.75, 3.05) is 35.5 Å². The molecule has 2 aromatic carbocycles. The lowest BCUT2D eigenvalue weighted by atomic mass is 10.0. The molecule has 0 fully saturated rings. The van der Waals surface area contributed by atoms with Crippen LogP contribution in [0.3, 0.4) is 0 Å². The van der Waals surface area contributed by atoms with E-state index in [2.05, 4.69) is 5.32 Å². The van der Waals surface area contributed by atoms with Crippen molar-refractivity contribution in [3.05, 3.63) is 47.5 Å². The van der Waals surface area contributed by atoms with Crippen LogP contribution < -0.4 is 24.3 Å². The molecule has 0 saturated carbocycles. The normalized spacial score (nSPS) is 11.2. The van der Waals surface area contributed by atoms with Crippen molar-refractivity contribution in [2.45, 2.75) is 12.5 Å². The molecule has 0 heterocycles. The van der Waals surface area contributed by atoms with Gasteiger partial charge in [-0.05, 0) is 29.8 Å². The molecule has 1 amide bonds. The minimum Gasteiger partial charge on any atom is -0.497 e. The molecule has 2 aromatic rings. The molecular weight excluding hydrogens is 378 g/mol. The van der Waals surface area contributed by atoms with E-state index in [1.165, 1.54) is 35.5 Å². The predicted octanol–water partition coefficient (Wildman–Crippen LogP) is 2.76. The molecule has 156 valence electrons. The van der Waals surface area contributed by atoms with Gasteiger partial charge in [-0.25, -0.2) is 0 Å². The van der Waals surface area contributed by atoms with Crippen LogP contribution in [-0.4, -0.2) is 47.4 Å². The summed E-state index contributed by atoms with van der Waals surface area (Å²) in [6.45, 7) is 0. The quantitative estimate of drug-likeness (QED) is 0.644. The predicted molar refractivity (Wildman–Crippen MR) is 106 cm³/mol. The molecule has 0 saturated heterocycles. The van der Waals surface area contributed by atoms with Crippen molar-refractivity contribution in [1.29, 1.82) is 0 Å². The van der Waals surface area contributed by atoms with Crippen LogP contribution in [0.15, 0.2) is 36.4 Å². The number of methoxy groups -OCH3 is 5. The Morgan fingerprint density at radius 3 is 2.10 bits per heavy atom. The van der Waals surface area contributed by atoms with Crippen LogP contribution in [0.5, 0.6) is 23.0 Å². The third-order valence-electron chi connectivity index (χ3n) is 4.37. The van der Waals surface area contributed by atoms with Crippen molar-refractivity contribution in [3.63, 3.8) is 0 Å². The maximum atomic E-state index is 12.9. The third kappa shape index (κ3) is 5.31. The van der Waals surface area contributed by atoms with E-state index in [9.17, 15) is 9.59 Å². The highest BCUT2D eigenvalue weighted by atomic mass is 16.5. The molecule has 0 aliphatic heterocycles. The molecule has 2 rings (SSSR count). The number of hydrogen-bond donors (Lipinski definition) is 1. The molecule has 0 aromatic heterocycles. The Bertz CT molecular complexity index is 866. The van der Waals surface area contributed by atoms with E-state index in [0.717, 1.165) is 0 Å². The van der Waals surface area contributed by atoms with Gasteiger partial charge < -0.3 is 29.0 Å². The Morgan fingerprint density at radius 2 is 1.52 bits per heavy atom. The number of ether oxygens (including phenoxy) is 5. The van der Waals surface area contributed by atoms with Gasteiger partial charge in [-0.15, -0.1) is 0 Å². The standard InChI is InChI=1S/C21H25NO7/c1-25-14-7-8-15(18(11-14)27-3)21(24)22-16(12-20(23)29-5)13-6-9-17(26-2)19(10-13)28-4/h6-11,16H,12H2,1-5H3,(H,22,24)/t16-/m0/s1. The van der Waals surface area contributed by atoms with Crippen LogP contribution in [0.25, 0.3) is 0 Å². The zero-order valence-corrected chi connectivity index (χ0v) is 17.1. The summed E-state index contributed by atoms with van der Waals surface area (Å²) in [5.74, 6) is 1.06. The van der Waals surface area contributed by atoms with E-state index in [0.29, 0.717) is 34.1 Å². The summed E-state index contributed by atoms with van der Waals surface area (Å²) in [6, 6.07) is 9.37. The summed E-state index contributed by atoms with van der Waals surface area (Å²) < 4.78 is 25.8. The van der Waals surface area contributed by atoms with E-state index < -0.39 is 17.9 Å². The maximum absolute atomic E-state index is 12.9. The van der Waals surface area contributed by atoms with Crippen LogP contribution in [-0.2, 0) is 9.53 Å². The molecule has 29 heavy (non-hydrogen) atoms. The second kappa shape index (κ2) is 10.2. The van der Waals surface area contributed by atoms with Gasteiger partial charge in [0.1, 0.15) is 11.5 Å². The molecular formula is C21H25NO7. The Labute approximate surface area is 169 Å². The van der Waals surface area contributed by atoms with Crippen molar-refractivity contribution >= 4 is 11.9 Å². The third-order valence-corrected chi connectivity index (χ3v) is 4.37. The maximum Gasteiger partial charge on any atom is 0.307 e. The second-order valence-corrected chi connectivity index (χ2v) is 5.99. The lowest BCUT2D eigenvalue weighted by Crippen LogP contribution is -2.30. The fraction of sp³-hybridized carbons (Fsp3) is 0.333. The molecule has 0 aliphatic carbocycles. The SMILES string of the molecule is COC(=O)C[C@H](NC(=O)c1ccc(OC)cc1OC)c1ccc(OC)c(OC)c1. The summed E-state index contributed by atoms with van der Waals surface area (Å²) in [5.41, 5.74) is 0.970. The van der Waals surface area contributed by atoms with E-state index in [1.807, 2.05) is 0 Å². The molecule has 1 N–H and O–H groups in total. The fourth-order valence-electron chi connectivity index (χ4n) is 2.79. The highest BCUT2D eigenvalue weighted by Gasteiger charge is 2.23. The van der Waals surface area contributed by atoms with Crippen molar-refractivity contribution < 1.29 is 33.3 Å². The first-order valence-electron chi connectivity index (χ1n) is 8.79. The number of benzene rings is 2. The monoisotopic (exact) mass is 403 g/mol. The second-order valence-electron chi connectivity index (χ2n) is 5.99. The average Bonchev–Trinajstić information content (AvgIpc) is 2.77. The van der Waals surface area contributed by atoms with Crippen molar-refractivity contribution in [1.82, 2.24) is 5.32 Å². The van der Waals surface area contributed by atoms with E-state index in [4.69, 9.17) is 23.7 Å². The summed E-state index contributed by atoms with van der Waals surface area (Å²) >= 11 is 0. The Morgan fingerprint density at radius 1 is 0.828 bits per heavy atom. The van der Waals surface area contributed by atoms with Crippen molar-refractivity contribution in [3.8, 4) is 23.0 Å². The van der Waals surface area contributed by atoms with Crippen LogP contribution in [0, 0.1) is 0 Å². The Kier molecular flexibility index (Phi) is 7.70. The number of carbonyl (C=O) groups is 2. The van der Waals surface area contributed by atoms with E-state index in [1.54, 1.807) is 36.4 Å². The number of esters is 1. The van der Waals surface area contributed by atoms with Gasteiger partial charge >= 0.3 is 5.97 Å². The molecule has 0 bridgehead atoms. The first-order valence-corrected chi connectivity index (χ1v) is 8.79. The summed E-state index contributed by atoms with van der Waals surface area (Å²) in [5, 5.41) is 2.86. The first kappa shape index (κ1) is 21.9. The van der Waals surface area contributed by atoms with Crippen molar-refractivity contribution in [2.24, 2.45) is 0 Å². The minimum absolute atomic E-state index is 0.0593. The Hall–Kier alpha value is -3.42. The molecule has 0 radical (unpaired) electrons.